The van der Waals surface area contributed by atoms with Gasteiger partial charge in [-0.3, -0.25) is 14.8 Å². The summed E-state index contributed by atoms with van der Waals surface area (Å²) < 4.78 is 24.3. The van der Waals surface area contributed by atoms with Gasteiger partial charge in [-0.15, -0.1) is 0 Å². The minimum atomic E-state index is -4.04. The minimum Gasteiger partial charge on any atom is -0.505 e. The zero-order valence-corrected chi connectivity index (χ0v) is 9.14. The molecule has 0 aliphatic carbocycles. The Morgan fingerprint density at radius 2 is 2.18 bits per heavy atom. The highest BCUT2D eigenvalue weighted by atomic mass is 32.2. The third-order valence-corrected chi connectivity index (χ3v) is 2.75. The van der Waals surface area contributed by atoms with Gasteiger partial charge in [-0.2, -0.15) is 5.26 Å². The summed E-state index contributed by atoms with van der Waals surface area (Å²) in [4.78, 5) is 9.77. The molecule has 2 N–H and O–H groups in total. The number of aromatic hydroxyl groups is 1. The molecule has 1 rings (SSSR count). The van der Waals surface area contributed by atoms with Crippen molar-refractivity contribution in [1.82, 2.24) is 0 Å². The summed E-state index contributed by atoms with van der Waals surface area (Å²) in [7, 11) is -4.04. The number of anilines is 1. The van der Waals surface area contributed by atoms with Crippen molar-refractivity contribution in [3.8, 4) is 11.8 Å². The van der Waals surface area contributed by atoms with Crippen molar-refractivity contribution in [2.75, 3.05) is 10.5 Å². The largest absolute Gasteiger partial charge is 0.505 e. The molecule has 1 aromatic carbocycles. The van der Waals surface area contributed by atoms with Crippen molar-refractivity contribution >= 4 is 21.4 Å². The molecule has 90 valence electrons. The fourth-order valence-corrected chi connectivity index (χ4v) is 1.82. The van der Waals surface area contributed by atoms with Crippen LogP contribution in [0, 0.1) is 21.4 Å². The van der Waals surface area contributed by atoms with Gasteiger partial charge in [0, 0.05) is 6.07 Å². The number of phenolic OH excluding ortho intramolecular Hbond substituents is 1. The lowest BCUT2D eigenvalue weighted by Crippen LogP contribution is -2.16. The fraction of sp³-hybridized carbons (Fsp3) is 0.125. The monoisotopic (exact) mass is 257 g/mol. The molecule has 0 bridgehead atoms. The summed E-state index contributed by atoms with van der Waals surface area (Å²) in [6, 6.07) is 4.72. The number of phenols is 1. The first-order valence-electron chi connectivity index (χ1n) is 4.21. The molecule has 0 atom stereocenters. The van der Waals surface area contributed by atoms with Crippen LogP contribution in [0.5, 0.6) is 5.75 Å². The Balaban J connectivity index is 3.24. The summed E-state index contributed by atoms with van der Waals surface area (Å²) in [6.45, 7) is 0. The zero-order valence-electron chi connectivity index (χ0n) is 8.32. The number of nitro benzene ring substituents is 1. The van der Waals surface area contributed by atoms with Gasteiger partial charge < -0.3 is 5.11 Å². The molecule has 8 nitrogen and oxygen atoms in total. The Morgan fingerprint density at radius 1 is 1.53 bits per heavy atom. The molecule has 0 heterocycles. The van der Waals surface area contributed by atoms with Crippen molar-refractivity contribution in [2.45, 2.75) is 0 Å². The Labute approximate surface area is 96.3 Å². The number of nitriles is 1. The summed E-state index contributed by atoms with van der Waals surface area (Å²) in [5.74, 6) is -1.45. The summed E-state index contributed by atoms with van der Waals surface area (Å²) >= 11 is 0. The van der Waals surface area contributed by atoms with Gasteiger partial charge in [0.05, 0.1) is 11.0 Å². The highest BCUT2D eigenvalue weighted by Gasteiger charge is 2.22. The lowest BCUT2D eigenvalue weighted by Gasteiger charge is -2.07. The molecule has 17 heavy (non-hydrogen) atoms. The summed E-state index contributed by atoms with van der Waals surface area (Å²) in [5.41, 5.74) is -1.14. The molecule has 0 spiro atoms. The van der Waals surface area contributed by atoms with Crippen LogP contribution < -0.4 is 4.72 Å². The van der Waals surface area contributed by atoms with E-state index >= 15 is 0 Å². The second-order valence-corrected chi connectivity index (χ2v) is 4.67. The maximum Gasteiger partial charge on any atom is 0.297 e. The van der Waals surface area contributed by atoms with E-state index in [4.69, 9.17) is 5.26 Å². The first-order chi connectivity index (χ1) is 7.87. The second kappa shape index (κ2) is 4.67. The van der Waals surface area contributed by atoms with Crippen molar-refractivity contribution in [1.29, 1.82) is 5.26 Å². The average molecular weight is 257 g/mol. The number of nitrogens with one attached hydrogen (secondary N) is 1. The smallest absolute Gasteiger partial charge is 0.297 e. The molecule has 0 amide bonds. The number of nitrogens with zero attached hydrogens (tertiary/aromatic N) is 2. The maximum absolute atomic E-state index is 11.3. The third-order valence-electron chi connectivity index (χ3n) is 1.73. The van der Waals surface area contributed by atoms with Crippen molar-refractivity contribution in [2.24, 2.45) is 0 Å². The first-order valence-corrected chi connectivity index (χ1v) is 5.86. The van der Waals surface area contributed by atoms with Crippen LogP contribution in [0.2, 0.25) is 0 Å². The zero-order chi connectivity index (χ0) is 13.1. The molecule has 0 saturated heterocycles. The SMILES string of the molecule is N#CCS(=O)(=O)Nc1c(O)cccc1[N+](=O)[O-]. The topological polar surface area (TPSA) is 133 Å². The second-order valence-electron chi connectivity index (χ2n) is 2.95. The maximum atomic E-state index is 11.3. The van der Waals surface area contributed by atoms with E-state index in [1.54, 1.807) is 4.72 Å². The molecule has 0 fully saturated rings. The number of sulfonamides is 1. The van der Waals surface area contributed by atoms with Crippen LogP contribution in [0.4, 0.5) is 11.4 Å². The number of hydrogen-bond donors (Lipinski definition) is 2. The molecule has 0 aromatic heterocycles. The summed E-state index contributed by atoms with van der Waals surface area (Å²) in [6.07, 6.45) is 0. The fourth-order valence-electron chi connectivity index (χ4n) is 1.06. The van der Waals surface area contributed by atoms with Gasteiger partial charge in [0.2, 0.25) is 10.0 Å². The van der Waals surface area contributed by atoms with Gasteiger partial charge in [0.15, 0.2) is 11.4 Å². The van der Waals surface area contributed by atoms with Crippen LogP contribution in [0.3, 0.4) is 0 Å². The van der Waals surface area contributed by atoms with Crippen LogP contribution in [0.1, 0.15) is 0 Å². The van der Waals surface area contributed by atoms with E-state index in [0.717, 1.165) is 12.1 Å². The van der Waals surface area contributed by atoms with Gasteiger partial charge in [0.25, 0.3) is 5.69 Å². The van der Waals surface area contributed by atoms with Crippen LogP contribution in [-0.4, -0.2) is 24.2 Å². The lowest BCUT2D eigenvalue weighted by atomic mass is 10.2. The molecule has 0 aliphatic heterocycles. The van der Waals surface area contributed by atoms with E-state index in [-0.39, 0.29) is 0 Å². The predicted octanol–water partition coefficient (Wildman–Crippen LogP) is 0.566. The molecule has 0 aliphatic rings. The molecule has 0 saturated carbocycles. The minimum absolute atomic E-state index is 0.548. The van der Waals surface area contributed by atoms with Crippen LogP contribution in [0.15, 0.2) is 18.2 Å². The Kier molecular flexibility index (Phi) is 3.49. The standard InChI is InChI=1S/C8H7N3O5S/c9-4-5-17(15,16)10-8-6(11(13)14)2-1-3-7(8)12/h1-3,10,12H,5H2. The van der Waals surface area contributed by atoms with E-state index in [2.05, 4.69) is 0 Å². The molecule has 9 heteroatoms. The van der Waals surface area contributed by atoms with E-state index in [0.29, 0.717) is 0 Å². The molecule has 0 radical (unpaired) electrons. The Bertz CT molecular complexity index is 590. The molecule has 0 unspecified atom stereocenters. The Morgan fingerprint density at radius 3 is 2.71 bits per heavy atom. The van der Waals surface area contributed by atoms with Gasteiger partial charge in [-0.1, -0.05) is 6.07 Å². The van der Waals surface area contributed by atoms with E-state index < -0.39 is 37.8 Å². The number of nitro groups is 1. The number of rotatable bonds is 4. The predicted molar refractivity (Wildman–Crippen MR) is 57.8 cm³/mol. The number of benzene rings is 1. The van der Waals surface area contributed by atoms with E-state index in [9.17, 15) is 23.6 Å². The van der Waals surface area contributed by atoms with E-state index in [1.807, 2.05) is 0 Å². The number of para-hydroxylation sites is 1. The van der Waals surface area contributed by atoms with Crippen LogP contribution >= 0.6 is 0 Å². The van der Waals surface area contributed by atoms with Crippen molar-refractivity contribution in [3.63, 3.8) is 0 Å². The average Bonchev–Trinajstić information content (AvgIpc) is 2.20. The molecular formula is C8H7N3O5S. The van der Waals surface area contributed by atoms with Crippen molar-refractivity contribution < 1.29 is 18.4 Å². The highest BCUT2D eigenvalue weighted by Crippen LogP contribution is 2.33. The quantitative estimate of drug-likeness (QED) is 0.460. The van der Waals surface area contributed by atoms with Gasteiger partial charge in [-0.25, -0.2) is 8.42 Å². The van der Waals surface area contributed by atoms with E-state index in [1.165, 1.54) is 12.1 Å². The van der Waals surface area contributed by atoms with Crippen LogP contribution in [-0.2, 0) is 10.0 Å². The van der Waals surface area contributed by atoms with Crippen LogP contribution in [0.25, 0.3) is 0 Å². The third kappa shape index (κ3) is 3.05. The van der Waals surface area contributed by atoms with Gasteiger partial charge >= 0.3 is 0 Å². The first kappa shape index (κ1) is 12.7. The number of hydrogen-bond acceptors (Lipinski definition) is 6. The van der Waals surface area contributed by atoms with Gasteiger partial charge in [-0.05, 0) is 6.07 Å². The Hall–Kier alpha value is -2.34. The lowest BCUT2D eigenvalue weighted by molar-refractivity contribution is -0.383. The normalized spacial score (nSPS) is 10.5. The summed E-state index contributed by atoms with van der Waals surface area (Å²) in [5, 5.41) is 28.2. The van der Waals surface area contributed by atoms with Crippen molar-refractivity contribution in [3.05, 3.63) is 28.3 Å². The van der Waals surface area contributed by atoms with Gasteiger partial charge in [0.1, 0.15) is 5.75 Å². The molecular weight excluding hydrogens is 250 g/mol. The highest BCUT2D eigenvalue weighted by molar-refractivity contribution is 7.92. The molecule has 1 aromatic rings.